The maximum Gasteiger partial charge on any atom is 0.128 e. The number of rotatable bonds is 3. The van der Waals surface area contributed by atoms with Gasteiger partial charge in [-0.3, -0.25) is 0 Å². The first-order valence-corrected chi connectivity index (χ1v) is 7.50. The molecule has 0 radical (unpaired) electrons. The molecule has 0 amide bonds. The molecule has 2 heterocycles. The molecule has 0 aromatic carbocycles. The van der Waals surface area contributed by atoms with Gasteiger partial charge in [-0.1, -0.05) is 6.07 Å². The van der Waals surface area contributed by atoms with Gasteiger partial charge in [0, 0.05) is 44.0 Å². The molecule has 0 aliphatic carbocycles. The zero-order chi connectivity index (χ0) is 14.8. The van der Waals surface area contributed by atoms with Crippen LogP contribution in [0, 0.1) is 6.92 Å². The number of nitrogens with zero attached hydrogens (tertiary/aromatic N) is 3. The SMILES string of the molecule is Cc1nc(N2CCN(C)CC2)ccc1CNC(C)(C)C. The third-order valence-corrected chi connectivity index (χ3v) is 3.82. The first-order chi connectivity index (χ1) is 9.35. The minimum absolute atomic E-state index is 0.141. The van der Waals surface area contributed by atoms with E-state index in [1.807, 2.05) is 0 Å². The van der Waals surface area contributed by atoms with Crippen LogP contribution in [-0.2, 0) is 6.54 Å². The lowest BCUT2D eigenvalue weighted by Crippen LogP contribution is -2.44. The van der Waals surface area contributed by atoms with E-state index in [0.717, 1.165) is 44.2 Å². The van der Waals surface area contributed by atoms with Crippen LogP contribution in [-0.4, -0.2) is 48.6 Å². The summed E-state index contributed by atoms with van der Waals surface area (Å²) in [5.74, 6) is 1.12. The summed E-state index contributed by atoms with van der Waals surface area (Å²) in [4.78, 5) is 9.54. The van der Waals surface area contributed by atoms with Gasteiger partial charge in [0.15, 0.2) is 0 Å². The second-order valence-electron chi connectivity index (χ2n) is 6.81. The molecule has 1 fully saturated rings. The molecule has 1 aliphatic heterocycles. The van der Waals surface area contributed by atoms with Crippen LogP contribution < -0.4 is 10.2 Å². The van der Waals surface area contributed by atoms with E-state index in [9.17, 15) is 0 Å². The molecular formula is C16H28N4. The lowest BCUT2D eigenvalue weighted by molar-refractivity contribution is 0.312. The predicted octanol–water partition coefficient (Wildman–Crippen LogP) is 2.03. The molecule has 1 N–H and O–H groups in total. The van der Waals surface area contributed by atoms with Crippen molar-refractivity contribution in [3.63, 3.8) is 0 Å². The minimum Gasteiger partial charge on any atom is -0.354 e. The molecule has 0 unspecified atom stereocenters. The number of likely N-dealkylation sites (N-methyl/N-ethyl adjacent to an activating group) is 1. The molecule has 4 nitrogen and oxygen atoms in total. The highest BCUT2D eigenvalue weighted by molar-refractivity contribution is 5.42. The summed E-state index contributed by atoms with van der Waals surface area (Å²) in [6.45, 7) is 13.9. The van der Waals surface area contributed by atoms with Crippen LogP contribution in [0.3, 0.4) is 0 Å². The average molecular weight is 276 g/mol. The monoisotopic (exact) mass is 276 g/mol. The van der Waals surface area contributed by atoms with E-state index < -0.39 is 0 Å². The highest BCUT2D eigenvalue weighted by Gasteiger charge is 2.16. The largest absolute Gasteiger partial charge is 0.354 e. The van der Waals surface area contributed by atoms with Crippen molar-refractivity contribution in [1.82, 2.24) is 15.2 Å². The van der Waals surface area contributed by atoms with E-state index in [4.69, 9.17) is 4.98 Å². The summed E-state index contributed by atoms with van der Waals surface area (Å²) in [5, 5.41) is 3.52. The van der Waals surface area contributed by atoms with Gasteiger partial charge in [0.05, 0.1) is 0 Å². The molecule has 2 rings (SSSR count). The Morgan fingerprint density at radius 2 is 1.80 bits per heavy atom. The average Bonchev–Trinajstić information content (AvgIpc) is 2.37. The molecule has 4 heteroatoms. The smallest absolute Gasteiger partial charge is 0.128 e. The standard InChI is InChI=1S/C16H28N4/c1-13-14(12-17-16(2,3)4)6-7-15(18-13)20-10-8-19(5)9-11-20/h6-7,17H,8-12H2,1-5H3. The third kappa shape index (κ3) is 4.18. The van der Waals surface area contributed by atoms with E-state index in [1.54, 1.807) is 0 Å². The van der Waals surface area contributed by atoms with Crippen molar-refractivity contribution >= 4 is 5.82 Å². The fourth-order valence-electron chi connectivity index (χ4n) is 2.34. The van der Waals surface area contributed by atoms with Crippen molar-refractivity contribution in [3.8, 4) is 0 Å². The molecule has 0 atom stereocenters. The summed E-state index contributed by atoms with van der Waals surface area (Å²) in [6.07, 6.45) is 0. The van der Waals surface area contributed by atoms with E-state index >= 15 is 0 Å². The van der Waals surface area contributed by atoms with Crippen LogP contribution in [0.5, 0.6) is 0 Å². The Labute approximate surface area is 123 Å². The lowest BCUT2D eigenvalue weighted by Gasteiger charge is -2.33. The molecule has 1 saturated heterocycles. The number of hydrogen-bond donors (Lipinski definition) is 1. The maximum atomic E-state index is 4.79. The summed E-state index contributed by atoms with van der Waals surface area (Å²) < 4.78 is 0. The van der Waals surface area contributed by atoms with E-state index in [2.05, 4.69) is 62.0 Å². The van der Waals surface area contributed by atoms with Crippen molar-refractivity contribution in [2.75, 3.05) is 38.1 Å². The molecule has 1 aliphatic rings. The fourth-order valence-corrected chi connectivity index (χ4v) is 2.34. The fraction of sp³-hybridized carbons (Fsp3) is 0.688. The Morgan fingerprint density at radius 3 is 2.35 bits per heavy atom. The number of aromatic nitrogens is 1. The molecule has 0 bridgehead atoms. The number of nitrogens with one attached hydrogen (secondary N) is 1. The molecule has 0 saturated carbocycles. The second-order valence-corrected chi connectivity index (χ2v) is 6.81. The quantitative estimate of drug-likeness (QED) is 0.915. The summed E-state index contributed by atoms with van der Waals surface area (Å²) >= 11 is 0. The number of piperazine rings is 1. The topological polar surface area (TPSA) is 31.4 Å². The Kier molecular flexibility index (Phi) is 4.66. The van der Waals surface area contributed by atoms with Gasteiger partial charge in [-0.2, -0.15) is 0 Å². The van der Waals surface area contributed by atoms with Gasteiger partial charge in [-0.05, 0) is 46.4 Å². The normalized spacial score (nSPS) is 17.6. The lowest BCUT2D eigenvalue weighted by atomic mass is 10.1. The van der Waals surface area contributed by atoms with E-state index in [0.29, 0.717) is 0 Å². The van der Waals surface area contributed by atoms with Gasteiger partial charge in [-0.15, -0.1) is 0 Å². The predicted molar refractivity (Wildman–Crippen MR) is 85.3 cm³/mol. The first-order valence-electron chi connectivity index (χ1n) is 7.50. The van der Waals surface area contributed by atoms with Crippen LogP contribution >= 0.6 is 0 Å². The van der Waals surface area contributed by atoms with Crippen LogP contribution in [0.1, 0.15) is 32.0 Å². The van der Waals surface area contributed by atoms with Crippen molar-refractivity contribution in [3.05, 3.63) is 23.4 Å². The molecule has 0 spiro atoms. The molecule has 20 heavy (non-hydrogen) atoms. The Bertz CT molecular complexity index is 442. The van der Waals surface area contributed by atoms with Crippen LogP contribution in [0.15, 0.2) is 12.1 Å². The van der Waals surface area contributed by atoms with Gasteiger partial charge in [0.1, 0.15) is 5.82 Å². The van der Waals surface area contributed by atoms with Gasteiger partial charge >= 0.3 is 0 Å². The molecular weight excluding hydrogens is 248 g/mol. The van der Waals surface area contributed by atoms with Crippen molar-refractivity contribution < 1.29 is 0 Å². The zero-order valence-corrected chi connectivity index (χ0v) is 13.5. The number of anilines is 1. The van der Waals surface area contributed by atoms with Gasteiger partial charge in [-0.25, -0.2) is 4.98 Å². The first kappa shape index (κ1) is 15.3. The minimum atomic E-state index is 0.141. The molecule has 1 aromatic rings. The van der Waals surface area contributed by atoms with E-state index in [1.165, 1.54) is 5.56 Å². The van der Waals surface area contributed by atoms with Crippen molar-refractivity contribution in [2.24, 2.45) is 0 Å². The van der Waals surface area contributed by atoms with Gasteiger partial charge in [0.25, 0.3) is 0 Å². The Hall–Kier alpha value is -1.13. The highest BCUT2D eigenvalue weighted by atomic mass is 15.3. The molecule has 112 valence electrons. The van der Waals surface area contributed by atoms with Gasteiger partial charge in [0.2, 0.25) is 0 Å². The summed E-state index contributed by atoms with van der Waals surface area (Å²) in [6, 6.07) is 4.38. The third-order valence-electron chi connectivity index (χ3n) is 3.82. The van der Waals surface area contributed by atoms with Crippen LogP contribution in [0.25, 0.3) is 0 Å². The maximum absolute atomic E-state index is 4.79. The highest BCUT2D eigenvalue weighted by Crippen LogP contribution is 2.17. The molecule has 1 aromatic heterocycles. The van der Waals surface area contributed by atoms with Gasteiger partial charge < -0.3 is 15.1 Å². The summed E-state index contributed by atoms with van der Waals surface area (Å²) in [7, 11) is 2.18. The number of pyridine rings is 1. The number of aryl methyl sites for hydroxylation is 1. The van der Waals surface area contributed by atoms with Crippen LogP contribution in [0.2, 0.25) is 0 Å². The zero-order valence-electron chi connectivity index (χ0n) is 13.5. The van der Waals surface area contributed by atoms with E-state index in [-0.39, 0.29) is 5.54 Å². The van der Waals surface area contributed by atoms with Crippen molar-refractivity contribution in [1.29, 1.82) is 0 Å². The Morgan fingerprint density at radius 1 is 1.15 bits per heavy atom. The van der Waals surface area contributed by atoms with Crippen molar-refractivity contribution in [2.45, 2.75) is 39.8 Å². The van der Waals surface area contributed by atoms with Crippen LogP contribution in [0.4, 0.5) is 5.82 Å². The summed E-state index contributed by atoms with van der Waals surface area (Å²) in [5.41, 5.74) is 2.57. The Balaban J connectivity index is 2.02. The second kappa shape index (κ2) is 6.10. The number of hydrogen-bond acceptors (Lipinski definition) is 4.